The van der Waals surface area contributed by atoms with Crippen molar-refractivity contribution in [3.63, 3.8) is 0 Å². The summed E-state index contributed by atoms with van der Waals surface area (Å²) < 4.78 is 5.21. The van der Waals surface area contributed by atoms with Gasteiger partial charge in [0.25, 0.3) is 0 Å². The van der Waals surface area contributed by atoms with Gasteiger partial charge in [-0.15, -0.1) is 12.3 Å². The molecule has 1 rings (SSSR count). The van der Waals surface area contributed by atoms with Crippen LogP contribution >= 0.6 is 0 Å². The number of hydrogen-bond acceptors (Lipinski definition) is 1. The SMILES string of the molecule is C#CCC(CCC)c1cccc(OC)c1. The van der Waals surface area contributed by atoms with Gasteiger partial charge in [-0.25, -0.2) is 0 Å². The second kappa shape index (κ2) is 6.14. The first-order chi connectivity index (χ1) is 7.31. The zero-order chi connectivity index (χ0) is 11.1. The molecule has 0 heterocycles. The Morgan fingerprint density at radius 1 is 1.47 bits per heavy atom. The summed E-state index contributed by atoms with van der Waals surface area (Å²) >= 11 is 0. The summed E-state index contributed by atoms with van der Waals surface area (Å²) in [5.41, 5.74) is 1.29. The molecule has 0 aliphatic carbocycles. The van der Waals surface area contributed by atoms with Crippen molar-refractivity contribution < 1.29 is 4.74 Å². The maximum absolute atomic E-state index is 5.39. The topological polar surface area (TPSA) is 9.23 Å². The molecule has 0 bridgehead atoms. The fourth-order valence-corrected chi connectivity index (χ4v) is 1.77. The molecule has 1 unspecified atom stereocenters. The van der Waals surface area contributed by atoms with Gasteiger partial charge < -0.3 is 4.74 Å². The van der Waals surface area contributed by atoms with Gasteiger partial charge in [0.15, 0.2) is 0 Å². The molecule has 1 aromatic rings. The standard InChI is InChI=1S/C14H18O/c1-4-7-12(8-5-2)13-9-6-10-14(11-13)15-3/h1,6,9-12H,5,7-8H2,2-3H3. The first-order valence-electron chi connectivity index (χ1n) is 5.39. The second-order valence-electron chi connectivity index (χ2n) is 3.67. The van der Waals surface area contributed by atoms with Gasteiger partial charge in [-0.1, -0.05) is 25.5 Å². The van der Waals surface area contributed by atoms with Crippen molar-refractivity contribution in [2.45, 2.75) is 32.1 Å². The molecular weight excluding hydrogens is 184 g/mol. The van der Waals surface area contributed by atoms with Gasteiger partial charge in [0.05, 0.1) is 7.11 Å². The molecule has 0 fully saturated rings. The lowest BCUT2D eigenvalue weighted by Gasteiger charge is -2.14. The van der Waals surface area contributed by atoms with Gasteiger partial charge in [0.2, 0.25) is 0 Å². The monoisotopic (exact) mass is 202 g/mol. The molecule has 80 valence electrons. The summed E-state index contributed by atoms with van der Waals surface area (Å²) in [7, 11) is 1.69. The van der Waals surface area contributed by atoms with E-state index in [1.54, 1.807) is 7.11 Å². The van der Waals surface area contributed by atoms with Gasteiger partial charge in [0, 0.05) is 6.42 Å². The Labute approximate surface area is 92.5 Å². The largest absolute Gasteiger partial charge is 0.497 e. The van der Waals surface area contributed by atoms with E-state index in [4.69, 9.17) is 11.2 Å². The highest BCUT2D eigenvalue weighted by molar-refractivity contribution is 5.31. The van der Waals surface area contributed by atoms with Gasteiger partial charge in [-0.05, 0) is 30.0 Å². The van der Waals surface area contributed by atoms with Crippen LogP contribution in [0, 0.1) is 12.3 Å². The van der Waals surface area contributed by atoms with Gasteiger partial charge in [-0.3, -0.25) is 0 Å². The van der Waals surface area contributed by atoms with E-state index < -0.39 is 0 Å². The molecule has 0 aromatic heterocycles. The van der Waals surface area contributed by atoms with Gasteiger partial charge >= 0.3 is 0 Å². The van der Waals surface area contributed by atoms with Crippen LogP contribution in [-0.2, 0) is 0 Å². The van der Waals surface area contributed by atoms with Gasteiger partial charge in [0.1, 0.15) is 5.75 Å². The fourth-order valence-electron chi connectivity index (χ4n) is 1.77. The third kappa shape index (κ3) is 3.32. The predicted molar refractivity (Wildman–Crippen MR) is 64.1 cm³/mol. The predicted octanol–water partition coefficient (Wildman–Crippen LogP) is 3.60. The third-order valence-electron chi connectivity index (χ3n) is 2.57. The number of rotatable bonds is 5. The number of benzene rings is 1. The number of methoxy groups -OCH3 is 1. The molecule has 1 nitrogen and oxygen atoms in total. The van der Waals surface area contributed by atoms with Crippen molar-refractivity contribution >= 4 is 0 Å². The molecule has 1 heteroatoms. The van der Waals surface area contributed by atoms with Crippen LogP contribution in [-0.4, -0.2) is 7.11 Å². The highest BCUT2D eigenvalue weighted by Crippen LogP contribution is 2.27. The van der Waals surface area contributed by atoms with Crippen LogP contribution in [0.25, 0.3) is 0 Å². The molecule has 0 N–H and O–H groups in total. The number of terminal acetylenes is 1. The lowest BCUT2D eigenvalue weighted by molar-refractivity contribution is 0.413. The quantitative estimate of drug-likeness (QED) is 0.663. The first kappa shape index (κ1) is 11.7. The lowest BCUT2D eigenvalue weighted by atomic mass is 9.92. The second-order valence-corrected chi connectivity index (χ2v) is 3.67. The average molecular weight is 202 g/mol. The zero-order valence-electron chi connectivity index (χ0n) is 9.49. The van der Waals surface area contributed by atoms with Crippen LogP contribution in [0.4, 0.5) is 0 Å². The van der Waals surface area contributed by atoms with Crippen LogP contribution in [0.1, 0.15) is 37.7 Å². The van der Waals surface area contributed by atoms with Crippen LogP contribution in [0.5, 0.6) is 5.75 Å². The Kier molecular flexibility index (Phi) is 4.77. The number of hydrogen-bond donors (Lipinski definition) is 0. The third-order valence-corrected chi connectivity index (χ3v) is 2.57. The van der Waals surface area contributed by atoms with Gasteiger partial charge in [-0.2, -0.15) is 0 Å². The van der Waals surface area contributed by atoms with Crippen molar-refractivity contribution in [3.8, 4) is 18.1 Å². The molecule has 0 spiro atoms. The highest BCUT2D eigenvalue weighted by atomic mass is 16.5. The van der Waals surface area contributed by atoms with Crippen LogP contribution < -0.4 is 4.74 Å². The Balaban J connectivity index is 2.85. The maximum atomic E-state index is 5.39. The Morgan fingerprint density at radius 2 is 2.27 bits per heavy atom. The van der Waals surface area contributed by atoms with Crippen molar-refractivity contribution in [1.82, 2.24) is 0 Å². The zero-order valence-corrected chi connectivity index (χ0v) is 9.49. The smallest absolute Gasteiger partial charge is 0.119 e. The summed E-state index contributed by atoms with van der Waals surface area (Å²) in [6.07, 6.45) is 8.49. The Bertz CT molecular complexity index is 335. The molecule has 1 aromatic carbocycles. The Hall–Kier alpha value is -1.42. The van der Waals surface area contributed by atoms with E-state index in [1.165, 1.54) is 5.56 Å². The molecule has 0 amide bonds. The molecule has 0 aliphatic rings. The van der Waals surface area contributed by atoms with Crippen LogP contribution in [0.15, 0.2) is 24.3 Å². The number of ether oxygens (including phenoxy) is 1. The summed E-state index contributed by atoms with van der Waals surface area (Å²) in [4.78, 5) is 0. The molecule has 0 saturated carbocycles. The van der Waals surface area contributed by atoms with E-state index in [0.717, 1.165) is 25.0 Å². The van der Waals surface area contributed by atoms with Crippen LogP contribution in [0.3, 0.4) is 0 Å². The lowest BCUT2D eigenvalue weighted by Crippen LogP contribution is -1.98. The van der Waals surface area contributed by atoms with Crippen molar-refractivity contribution in [3.05, 3.63) is 29.8 Å². The summed E-state index contributed by atoms with van der Waals surface area (Å²) in [6, 6.07) is 8.19. The first-order valence-corrected chi connectivity index (χ1v) is 5.39. The minimum absolute atomic E-state index is 0.468. The Morgan fingerprint density at radius 3 is 2.87 bits per heavy atom. The molecule has 0 radical (unpaired) electrons. The maximum Gasteiger partial charge on any atom is 0.119 e. The molecule has 0 aliphatic heterocycles. The van der Waals surface area contributed by atoms with E-state index in [0.29, 0.717) is 5.92 Å². The van der Waals surface area contributed by atoms with E-state index in [2.05, 4.69) is 25.0 Å². The minimum Gasteiger partial charge on any atom is -0.497 e. The van der Waals surface area contributed by atoms with E-state index in [1.807, 2.05) is 12.1 Å². The summed E-state index contributed by atoms with van der Waals surface area (Å²) in [5, 5.41) is 0. The van der Waals surface area contributed by atoms with E-state index in [9.17, 15) is 0 Å². The van der Waals surface area contributed by atoms with Crippen LogP contribution in [0.2, 0.25) is 0 Å². The molecular formula is C14H18O. The highest BCUT2D eigenvalue weighted by Gasteiger charge is 2.09. The normalized spacial score (nSPS) is 11.8. The average Bonchev–Trinajstić information content (AvgIpc) is 2.29. The van der Waals surface area contributed by atoms with Crippen molar-refractivity contribution in [1.29, 1.82) is 0 Å². The minimum atomic E-state index is 0.468. The van der Waals surface area contributed by atoms with Crippen molar-refractivity contribution in [2.75, 3.05) is 7.11 Å². The molecule has 1 atom stereocenters. The van der Waals surface area contributed by atoms with Crippen molar-refractivity contribution in [2.24, 2.45) is 0 Å². The fraction of sp³-hybridized carbons (Fsp3) is 0.429. The summed E-state index contributed by atoms with van der Waals surface area (Å²) in [6.45, 7) is 2.18. The van der Waals surface area contributed by atoms with E-state index >= 15 is 0 Å². The van der Waals surface area contributed by atoms with E-state index in [-0.39, 0.29) is 0 Å². The molecule has 15 heavy (non-hydrogen) atoms. The molecule has 0 saturated heterocycles. The summed E-state index contributed by atoms with van der Waals surface area (Å²) in [5.74, 6) is 4.12.